The number of anilines is 1. The van der Waals surface area contributed by atoms with Crippen molar-refractivity contribution in [2.24, 2.45) is 7.05 Å². The number of hydrogen-bond acceptors (Lipinski definition) is 5. The molecular weight excluding hydrogens is 346 g/mol. The lowest BCUT2D eigenvalue weighted by atomic mass is 10.3. The molecule has 0 unspecified atom stereocenters. The summed E-state index contributed by atoms with van der Waals surface area (Å²) in [7, 11) is 1.90. The molecule has 3 rings (SSSR count). The molecule has 2 aromatic heterocycles. The molecule has 0 atom stereocenters. The second kappa shape index (κ2) is 8.31. The number of hydrogen-bond donors (Lipinski definition) is 1. The van der Waals surface area contributed by atoms with Gasteiger partial charge in [0.15, 0.2) is 0 Å². The summed E-state index contributed by atoms with van der Waals surface area (Å²) in [4.78, 5) is 28.2. The van der Waals surface area contributed by atoms with Crippen molar-refractivity contribution in [3.05, 3.63) is 70.7 Å². The summed E-state index contributed by atoms with van der Waals surface area (Å²) < 4.78 is 8.87. The molecule has 0 aliphatic rings. The van der Waals surface area contributed by atoms with Gasteiger partial charge < -0.3 is 14.6 Å². The van der Waals surface area contributed by atoms with E-state index in [2.05, 4.69) is 15.4 Å². The number of nitrogens with zero attached hydrogens (tertiary/aromatic N) is 4. The topological polar surface area (TPSA) is 91.0 Å². The molecule has 1 N–H and O–H groups in total. The average molecular weight is 367 g/mol. The zero-order valence-electron chi connectivity index (χ0n) is 15.3. The first-order valence-corrected chi connectivity index (χ1v) is 8.65. The molecule has 1 aromatic carbocycles. The van der Waals surface area contributed by atoms with E-state index in [-0.39, 0.29) is 17.2 Å². The van der Waals surface area contributed by atoms with E-state index in [4.69, 9.17) is 4.74 Å². The maximum atomic E-state index is 12.4. The lowest BCUT2D eigenvalue weighted by molar-refractivity contribution is 0.101. The van der Waals surface area contributed by atoms with Crippen LogP contribution >= 0.6 is 0 Å². The minimum absolute atomic E-state index is 0.193. The zero-order valence-corrected chi connectivity index (χ0v) is 15.3. The highest BCUT2D eigenvalue weighted by Crippen LogP contribution is 2.17. The molecule has 8 nitrogen and oxygen atoms in total. The van der Waals surface area contributed by atoms with Gasteiger partial charge in [-0.05, 0) is 36.8 Å². The summed E-state index contributed by atoms with van der Waals surface area (Å²) in [5, 5.41) is 6.86. The number of aryl methyl sites for hydroxylation is 2. The fourth-order valence-corrected chi connectivity index (χ4v) is 2.46. The number of nitrogens with one attached hydrogen (secondary N) is 1. The van der Waals surface area contributed by atoms with E-state index in [1.165, 1.54) is 16.8 Å². The van der Waals surface area contributed by atoms with Crippen molar-refractivity contribution in [3.8, 4) is 5.75 Å². The third kappa shape index (κ3) is 4.60. The van der Waals surface area contributed by atoms with Crippen LogP contribution in [0, 0.1) is 0 Å². The van der Waals surface area contributed by atoms with Crippen LogP contribution in [0.5, 0.6) is 5.75 Å². The largest absolute Gasteiger partial charge is 0.486 e. The van der Waals surface area contributed by atoms with Crippen LogP contribution in [0.3, 0.4) is 0 Å². The molecule has 0 aliphatic carbocycles. The number of carbonyl (C=O) groups excluding carboxylic acids is 1. The van der Waals surface area contributed by atoms with Crippen LogP contribution in [0.2, 0.25) is 0 Å². The molecule has 1 amide bonds. The predicted molar refractivity (Wildman–Crippen MR) is 101 cm³/mol. The minimum Gasteiger partial charge on any atom is -0.486 e. The average Bonchev–Trinajstić information content (AvgIpc) is 3.08. The lowest BCUT2D eigenvalue weighted by Crippen LogP contribution is -2.26. The SMILES string of the molecule is CCCn1nc(C(=O)Nc2ccc(OCc3nccn3C)cc2)ccc1=O. The second-order valence-corrected chi connectivity index (χ2v) is 6.00. The number of rotatable bonds is 7. The molecule has 0 saturated heterocycles. The first-order valence-electron chi connectivity index (χ1n) is 8.65. The number of imidazole rings is 1. The highest BCUT2D eigenvalue weighted by Gasteiger charge is 2.10. The fourth-order valence-electron chi connectivity index (χ4n) is 2.46. The highest BCUT2D eigenvalue weighted by molar-refractivity contribution is 6.02. The van der Waals surface area contributed by atoms with Gasteiger partial charge in [0.2, 0.25) is 0 Å². The summed E-state index contributed by atoms with van der Waals surface area (Å²) in [5.41, 5.74) is 0.583. The summed E-state index contributed by atoms with van der Waals surface area (Å²) in [5.74, 6) is 1.12. The van der Waals surface area contributed by atoms with E-state index in [0.717, 1.165) is 12.2 Å². The summed E-state index contributed by atoms with van der Waals surface area (Å²) in [6.45, 7) is 2.78. The Hall–Kier alpha value is -3.42. The first kappa shape index (κ1) is 18.4. The number of ether oxygens (including phenoxy) is 1. The Balaban J connectivity index is 1.62. The van der Waals surface area contributed by atoms with Gasteiger partial charge in [0.05, 0.1) is 0 Å². The molecule has 8 heteroatoms. The van der Waals surface area contributed by atoms with E-state index < -0.39 is 0 Å². The number of aromatic nitrogens is 4. The Labute approximate surface area is 156 Å². The third-order valence-corrected chi connectivity index (χ3v) is 3.94. The maximum absolute atomic E-state index is 12.4. The van der Waals surface area contributed by atoms with Gasteiger partial charge in [-0.1, -0.05) is 6.92 Å². The molecule has 0 aliphatic heterocycles. The molecule has 3 aromatic rings. The van der Waals surface area contributed by atoms with Crippen LogP contribution in [0.25, 0.3) is 0 Å². The van der Waals surface area contributed by atoms with Crippen LogP contribution in [-0.2, 0) is 20.2 Å². The molecule has 140 valence electrons. The van der Waals surface area contributed by atoms with Gasteiger partial charge in [0, 0.05) is 37.7 Å². The standard InChI is InChI=1S/C19H21N5O3/c1-3-11-24-18(25)9-8-16(22-24)19(26)21-14-4-6-15(7-5-14)27-13-17-20-10-12-23(17)2/h4-10,12H,3,11,13H2,1-2H3,(H,21,26). The Morgan fingerprint density at radius 1 is 1.19 bits per heavy atom. The van der Waals surface area contributed by atoms with E-state index in [1.807, 2.05) is 24.7 Å². The van der Waals surface area contributed by atoms with Crippen LogP contribution in [0.4, 0.5) is 5.69 Å². The third-order valence-electron chi connectivity index (χ3n) is 3.94. The Morgan fingerprint density at radius 2 is 1.96 bits per heavy atom. The molecule has 0 spiro atoms. The summed E-state index contributed by atoms with van der Waals surface area (Å²) in [6, 6.07) is 9.80. The van der Waals surface area contributed by atoms with E-state index in [9.17, 15) is 9.59 Å². The van der Waals surface area contributed by atoms with E-state index in [0.29, 0.717) is 24.6 Å². The molecular formula is C19H21N5O3. The van der Waals surface area contributed by atoms with Gasteiger partial charge in [-0.2, -0.15) is 5.10 Å². The van der Waals surface area contributed by atoms with Crippen LogP contribution in [0.15, 0.2) is 53.6 Å². The molecule has 27 heavy (non-hydrogen) atoms. The van der Waals surface area contributed by atoms with Crippen molar-refractivity contribution in [2.75, 3.05) is 5.32 Å². The Kier molecular flexibility index (Phi) is 5.65. The summed E-state index contributed by atoms with van der Waals surface area (Å²) >= 11 is 0. The van der Waals surface area contributed by atoms with E-state index in [1.54, 1.807) is 30.5 Å². The van der Waals surface area contributed by atoms with Gasteiger partial charge in [-0.3, -0.25) is 9.59 Å². The smallest absolute Gasteiger partial charge is 0.276 e. The number of benzene rings is 1. The van der Waals surface area contributed by atoms with Gasteiger partial charge in [0.25, 0.3) is 11.5 Å². The van der Waals surface area contributed by atoms with Crippen molar-refractivity contribution in [1.82, 2.24) is 19.3 Å². The van der Waals surface area contributed by atoms with Crippen molar-refractivity contribution in [1.29, 1.82) is 0 Å². The molecule has 0 saturated carbocycles. The monoisotopic (exact) mass is 367 g/mol. The maximum Gasteiger partial charge on any atom is 0.276 e. The molecule has 2 heterocycles. The fraction of sp³-hybridized carbons (Fsp3) is 0.263. The second-order valence-electron chi connectivity index (χ2n) is 6.00. The van der Waals surface area contributed by atoms with Crippen LogP contribution < -0.4 is 15.6 Å². The number of carbonyl (C=O) groups is 1. The predicted octanol–water partition coefficient (Wildman–Crippen LogP) is 2.22. The quantitative estimate of drug-likeness (QED) is 0.691. The van der Waals surface area contributed by atoms with Crippen molar-refractivity contribution < 1.29 is 9.53 Å². The van der Waals surface area contributed by atoms with Gasteiger partial charge >= 0.3 is 0 Å². The normalized spacial score (nSPS) is 10.6. The van der Waals surface area contributed by atoms with Gasteiger partial charge in [0.1, 0.15) is 23.9 Å². The Bertz CT molecular complexity index is 976. The van der Waals surface area contributed by atoms with Crippen LogP contribution in [0.1, 0.15) is 29.7 Å². The molecule has 0 fully saturated rings. The minimum atomic E-state index is -0.374. The van der Waals surface area contributed by atoms with Crippen molar-refractivity contribution in [3.63, 3.8) is 0 Å². The molecule has 0 radical (unpaired) electrons. The van der Waals surface area contributed by atoms with E-state index >= 15 is 0 Å². The van der Waals surface area contributed by atoms with Crippen molar-refractivity contribution >= 4 is 11.6 Å². The van der Waals surface area contributed by atoms with Gasteiger partial charge in [-0.25, -0.2) is 9.67 Å². The van der Waals surface area contributed by atoms with Crippen molar-refractivity contribution in [2.45, 2.75) is 26.5 Å². The molecule has 0 bridgehead atoms. The number of amides is 1. The zero-order chi connectivity index (χ0) is 19.2. The summed E-state index contributed by atoms with van der Waals surface area (Å²) in [6.07, 6.45) is 4.33. The first-order chi connectivity index (χ1) is 13.1. The Morgan fingerprint density at radius 3 is 2.63 bits per heavy atom. The van der Waals surface area contributed by atoms with Crippen LogP contribution in [-0.4, -0.2) is 25.2 Å². The lowest BCUT2D eigenvalue weighted by Gasteiger charge is -2.09. The highest BCUT2D eigenvalue weighted by atomic mass is 16.5. The van der Waals surface area contributed by atoms with Gasteiger partial charge in [-0.15, -0.1) is 0 Å².